The number of aliphatic hydroxyl groups excluding tert-OH is 1. The molecule has 2 heterocycles. The summed E-state index contributed by atoms with van der Waals surface area (Å²) in [5, 5.41) is 13.8. The summed E-state index contributed by atoms with van der Waals surface area (Å²) in [5.74, 6) is 0. The SMILES string of the molecule is Cc1cc(C)cc(C2CCCN2Cc2c(C)nn(CCO)c2C)c1. The van der Waals surface area contributed by atoms with E-state index in [-0.39, 0.29) is 6.61 Å². The van der Waals surface area contributed by atoms with E-state index in [0.717, 1.165) is 18.8 Å². The third-order valence-electron chi connectivity index (χ3n) is 5.20. The number of likely N-dealkylation sites (tertiary alicyclic amines) is 1. The molecule has 1 aliphatic heterocycles. The number of nitrogens with zero attached hydrogens (tertiary/aromatic N) is 3. The van der Waals surface area contributed by atoms with Gasteiger partial charge in [0.1, 0.15) is 0 Å². The zero-order chi connectivity index (χ0) is 17.3. The van der Waals surface area contributed by atoms with E-state index in [1.54, 1.807) is 0 Å². The number of hydrogen-bond donors (Lipinski definition) is 1. The van der Waals surface area contributed by atoms with Gasteiger partial charge in [-0.1, -0.05) is 29.3 Å². The molecule has 1 atom stereocenters. The molecule has 0 saturated carbocycles. The summed E-state index contributed by atoms with van der Waals surface area (Å²) in [5.41, 5.74) is 7.74. The van der Waals surface area contributed by atoms with Crippen molar-refractivity contribution in [2.75, 3.05) is 13.2 Å². The van der Waals surface area contributed by atoms with Crippen LogP contribution >= 0.6 is 0 Å². The summed E-state index contributed by atoms with van der Waals surface area (Å²) in [7, 11) is 0. The minimum atomic E-state index is 0.135. The Kier molecular flexibility index (Phi) is 5.07. The average molecular weight is 327 g/mol. The number of rotatable bonds is 5. The van der Waals surface area contributed by atoms with Crippen LogP contribution in [0.4, 0.5) is 0 Å². The highest BCUT2D eigenvalue weighted by molar-refractivity contribution is 5.32. The number of aryl methyl sites for hydroxylation is 3. The van der Waals surface area contributed by atoms with Gasteiger partial charge >= 0.3 is 0 Å². The van der Waals surface area contributed by atoms with Crippen molar-refractivity contribution >= 4 is 0 Å². The van der Waals surface area contributed by atoms with Gasteiger partial charge in [-0.05, 0) is 52.6 Å². The normalized spacial score (nSPS) is 18.5. The molecule has 2 aromatic rings. The lowest BCUT2D eigenvalue weighted by Crippen LogP contribution is -2.23. The molecule has 4 nitrogen and oxygen atoms in total. The van der Waals surface area contributed by atoms with E-state index in [1.165, 1.54) is 40.8 Å². The lowest BCUT2D eigenvalue weighted by atomic mass is 9.99. The first-order valence-electron chi connectivity index (χ1n) is 8.95. The van der Waals surface area contributed by atoms with Gasteiger partial charge < -0.3 is 5.11 Å². The number of aliphatic hydroxyl groups is 1. The van der Waals surface area contributed by atoms with Crippen molar-refractivity contribution in [3.63, 3.8) is 0 Å². The van der Waals surface area contributed by atoms with E-state index in [9.17, 15) is 5.11 Å². The second kappa shape index (κ2) is 7.08. The second-order valence-corrected chi connectivity index (χ2v) is 7.15. The first kappa shape index (κ1) is 17.2. The fourth-order valence-electron chi connectivity index (χ4n) is 4.07. The van der Waals surface area contributed by atoms with Gasteiger partial charge in [0.15, 0.2) is 0 Å². The monoisotopic (exact) mass is 327 g/mol. The van der Waals surface area contributed by atoms with Crippen molar-refractivity contribution in [3.8, 4) is 0 Å². The summed E-state index contributed by atoms with van der Waals surface area (Å²) in [6, 6.07) is 7.43. The van der Waals surface area contributed by atoms with Crippen LogP contribution in [-0.4, -0.2) is 32.9 Å². The Morgan fingerprint density at radius 1 is 1.12 bits per heavy atom. The molecule has 4 heteroatoms. The molecule has 1 aliphatic rings. The highest BCUT2D eigenvalue weighted by Crippen LogP contribution is 2.34. The van der Waals surface area contributed by atoms with Gasteiger partial charge in [-0.15, -0.1) is 0 Å². The van der Waals surface area contributed by atoms with Gasteiger partial charge in [-0.2, -0.15) is 5.10 Å². The Labute approximate surface area is 145 Å². The lowest BCUT2D eigenvalue weighted by Gasteiger charge is -2.25. The standard InChI is InChI=1S/C20H29N3O/c1-14-10-15(2)12-18(11-14)20-6-5-7-22(20)13-19-16(3)21-23(8-9-24)17(19)4/h10-12,20,24H,5-9,13H2,1-4H3. The zero-order valence-corrected chi connectivity index (χ0v) is 15.3. The van der Waals surface area contributed by atoms with Gasteiger partial charge in [-0.3, -0.25) is 9.58 Å². The van der Waals surface area contributed by atoms with E-state index >= 15 is 0 Å². The van der Waals surface area contributed by atoms with Gasteiger partial charge in [-0.25, -0.2) is 0 Å². The lowest BCUT2D eigenvalue weighted by molar-refractivity contribution is 0.246. The van der Waals surface area contributed by atoms with Gasteiger partial charge in [0, 0.05) is 23.8 Å². The van der Waals surface area contributed by atoms with Gasteiger partial charge in [0.05, 0.1) is 18.8 Å². The van der Waals surface area contributed by atoms with Crippen LogP contribution in [0.1, 0.15) is 52.5 Å². The highest BCUT2D eigenvalue weighted by Gasteiger charge is 2.28. The Bertz CT molecular complexity index is 700. The zero-order valence-electron chi connectivity index (χ0n) is 15.3. The van der Waals surface area contributed by atoms with Crippen LogP contribution in [-0.2, 0) is 13.1 Å². The van der Waals surface area contributed by atoms with Crippen LogP contribution in [0.5, 0.6) is 0 Å². The summed E-state index contributed by atoms with van der Waals surface area (Å²) in [6.07, 6.45) is 2.48. The maximum Gasteiger partial charge on any atom is 0.0644 e. The fraction of sp³-hybridized carbons (Fsp3) is 0.550. The number of hydrogen-bond acceptors (Lipinski definition) is 3. The smallest absolute Gasteiger partial charge is 0.0644 e. The molecule has 24 heavy (non-hydrogen) atoms. The molecule has 3 rings (SSSR count). The topological polar surface area (TPSA) is 41.3 Å². The Morgan fingerprint density at radius 2 is 1.83 bits per heavy atom. The van der Waals surface area contributed by atoms with E-state index in [2.05, 4.69) is 55.9 Å². The molecule has 0 radical (unpaired) electrons. The van der Waals surface area contributed by atoms with Crippen molar-refractivity contribution in [2.45, 2.75) is 59.7 Å². The molecule has 1 fully saturated rings. The summed E-state index contributed by atoms with van der Waals surface area (Å²) in [6.45, 7) is 11.4. The van der Waals surface area contributed by atoms with Crippen LogP contribution in [0.3, 0.4) is 0 Å². The van der Waals surface area contributed by atoms with Crippen molar-refractivity contribution < 1.29 is 5.11 Å². The van der Waals surface area contributed by atoms with E-state index in [1.807, 2.05) is 4.68 Å². The van der Waals surface area contributed by atoms with Gasteiger partial charge in [0.2, 0.25) is 0 Å². The maximum absolute atomic E-state index is 9.20. The van der Waals surface area contributed by atoms with Crippen LogP contribution in [0, 0.1) is 27.7 Å². The summed E-state index contributed by atoms with van der Waals surface area (Å²) in [4.78, 5) is 2.59. The van der Waals surface area contributed by atoms with Gasteiger partial charge in [0.25, 0.3) is 0 Å². The summed E-state index contributed by atoms with van der Waals surface area (Å²) < 4.78 is 1.94. The first-order chi connectivity index (χ1) is 11.5. The largest absolute Gasteiger partial charge is 0.394 e. The van der Waals surface area contributed by atoms with Crippen LogP contribution in [0.25, 0.3) is 0 Å². The van der Waals surface area contributed by atoms with Crippen molar-refractivity contribution in [1.82, 2.24) is 14.7 Å². The molecule has 1 aromatic carbocycles. The Morgan fingerprint density at radius 3 is 2.50 bits per heavy atom. The third kappa shape index (κ3) is 3.40. The molecule has 130 valence electrons. The second-order valence-electron chi connectivity index (χ2n) is 7.15. The first-order valence-corrected chi connectivity index (χ1v) is 8.95. The molecule has 1 saturated heterocycles. The molecule has 0 aliphatic carbocycles. The molecular weight excluding hydrogens is 298 g/mol. The number of benzene rings is 1. The predicted octanol–water partition coefficient (Wildman–Crippen LogP) is 3.45. The van der Waals surface area contributed by atoms with Crippen LogP contribution < -0.4 is 0 Å². The summed E-state index contributed by atoms with van der Waals surface area (Å²) >= 11 is 0. The maximum atomic E-state index is 9.20. The minimum Gasteiger partial charge on any atom is -0.394 e. The molecule has 0 bridgehead atoms. The fourth-order valence-corrected chi connectivity index (χ4v) is 4.07. The Hall–Kier alpha value is -1.65. The van der Waals surface area contributed by atoms with Crippen molar-refractivity contribution in [1.29, 1.82) is 0 Å². The van der Waals surface area contributed by atoms with E-state index < -0.39 is 0 Å². The Balaban J connectivity index is 1.84. The number of aromatic nitrogens is 2. The molecule has 1 unspecified atom stereocenters. The molecule has 0 spiro atoms. The highest BCUT2D eigenvalue weighted by atomic mass is 16.3. The average Bonchev–Trinajstić information content (AvgIpc) is 3.07. The molecule has 0 amide bonds. The van der Waals surface area contributed by atoms with Crippen LogP contribution in [0.2, 0.25) is 0 Å². The molecule has 1 aromatic heterocycles. The van der Waals surface area contributed by atoms with Crippen molar-refractivity contribution in [3.05, 3.63) is 51.8 Å². The predicted molar refractivity (Wildman–Crippen MR) is 97.1 cm³/mol. The molecular formula is C20H29N3O. The van der Waals surface area contributed by atoms with E-state index in [4.69, 9.17) is 0 Å². The van der Waals surface area contributed by atoms with Crippen LogP contribution in [0.15, 0.2) is 18.2 Å². The third-order valence-corrected chi connectivity index (χ3v) is 5.20. The minimum absolute atomic E-state index is 0.135. The van der Waals surface area contributed by atoms with E-state index in [0.29, 0.717) is 12.6 Å². The quantitative estimate of drug-likeness (QED) is 0.914. The van der Waals surface area contributed by atoms with Crippen molar-refractivity contribution in [2.24, 2.45) is 0 Å². The molecule has 1 N–H and O–H groups in total.